The number of ketones is 1. The maximum Gasteiger partial charge on any atom is 0.205 e. The number of Topliss-reactive ketones (excluding diaryl/α,β-unsaturated/α-hetero) is 1. The van der Waals surface area contributed by atoms with Gasteiger partial charge in [-0.2, -0.15) is 5.26 Å². The Bertz CT molecular complexity index is 1260. The molecule has 5 rings (SSSR count). The average Bonchev–Trinajstić information content (AvgIpc) is 2.78. The van der Waals surface area contributed by atoms with Gasteiger partial charge >= 0.3 is 0 Å². The first-order valence-corrected chi connectivity index (χ1v) is 10.0. The van der Waals surface area contributed by atoms with Crippen molar-refractivity contribution in [2.24, 2.45) is 5.73 Å². The van der Waals surface area contributed by atoms with Crippen LogP contribution in [0.4, 0.5) is 0 Å². The number of rotatable bonds is 2. The summed E-state index contributed by atoms with van der Waals surface area (Å²) in [7, 11) is 0. The van der Waals surface area contributed by atoms with Gasteiger partial charge < -0.3 is 10.5 Å². The molecule has 2 atom stereocenters. The van der Waals surface area contributed by atoms with E-state index in [0.29, 0.717) is 29.7 Å². The summed E-state index contributed by atoms with van der Waals surface area (Å²) in [6.07, 6.45) is 0.984. The number of nitriles is 1. The van der Waals surface area contributed by atoms with Gasteiger partial charge in [0.1, 0.15) is 17.4 Å². The molecule has 3 aromatic rings. The molecule has 1 heterocycles. The van der Waals surface area contributed by atoms with Crippen molar-refractivity contribution in [2.45, 2.75) is 24.7 Å². The molecule has 2 N–H and O–H groups in total. The van der Waals surface area contributed by atoms with Crippen LogP contribution >= 0.6 is 0 Å². The lowest BCUT2D eigenvalue weighted by Crippen LogP contribution is -2.30. The Hall–Kier alpha value is -3.84. The van der Waals surface area contributed by atoms with Crippen LogP contribution in [0.25, 0.3) is 10.8 Å². The summed E-state index contributed by atoms with van der Waals surface area (Å²) >= 11 is 0. The molecule has 30 heavy (non-hydrogen) atoms. The first-order chi connectivity index (χ1) is 14.7. The summed E-state index contributed by atoms with van der Waals surface area (Å²) in [4.78, 5) is 13.4. The summed E-state index contributed by atoms with van der Waals surface area (Å²) in [5, 5.41) is 11.9. The predicted molar refractivity (Wildman–Crippen MR) is 115 cm³/mol. The largest absolute Gasteiger partial charge is 0.444 e. The number of nitrogens with two attached hydrogens (primary N) is 1. The van der Waals surface area contributed by atoms with Gasteiger partial charge in [-0.05, 0) is 27.8 Å². The van der Waals surface area contributed by atoms with E-state index in [2.05, 4.69) is 6.07 Å². The fraction of sp³-hybridized carbons (Fsp3) is 0.154. The molecule has 0 saturated carbocycles. The minimum Gasteiger partial charge on any atom is -0.444 e. The molecule has 0 saturated heterocycles. The molecule has 3 aromatic carbocycles. The van der Waals surface area contributed by atoms with Crippen LogP contribution in [0.3, 0.4) is 0 Å². The van der Waals surface area contributed by atoms with E-state index in [-0.39, 0.29) is 17.6 Å². The lowest BCUT2D eigenvalue weighted by molar-refractivity contribution is -0.117. The second-order valence-electron chi connectivity index (χ2n) is 7.77. The van der Waals surface area contributed by atoms with E-state index >= 15 is 0 Å². The molecule has 0 fully saturated rings. The molecule has 0 radical (unpaired) electrons. The number of fused-ring (bicyclic) bond motifs is 1. The van der Waals surface area contributed by atoms with Crippen molar-refractivity contribution in [3.63, 3.8) is 0 Å². The number of hydrogen-bond donors (Lipinski definition) is 1. The minimum atomic E-state index is -0.505. The Labute approximate surface area is 174 Å². The van der Waals surface area contributed by atoms with Gasteiger partial charge in [0.05, 0.1) is 5.92 Å². The van der Waals surface area contributed by atoms with Gasteiger partial charge in [-0.25, -0.2) is 0 Å². The molecule has 2 aliphatic rings. The van der Waals surface area contributed by atoms with E-state index in [4.69, 9.17) is 10.5 Å². The van der Waals surface area contributed by atoms with Crippen molar-refractivity contribution >= 4 is 16.6 Å². The van der Waals surface area contributed by atoms with Crippen molar-refractivity contribution in [3.05, 3.63) is 107 Å². The SMILES string of the molecule is N#CC1=C(N)OC2=C(C(=O)C[C@H](c3ccccc3)C2)[C@@H]1c1cccc2ccccc12. The summed E-state index contributed by atoms with van der Waals surface area (Å²) < 4.78 is 5.87. The average molecular weight is 392 g/mol. The third kappa shape index (κ3) is 2.87. The van der Waals surface area contributed by atoms with E-state index in [1.54, 1.807) is 0 Å². The lowest BCUT2D eigenvalue weighted by atomic mass is 9.73. The number of ether oxygens (including phenoxy) is 1. The zero-order chi connectivity index (χ0) is 20.7. The van der Waals surface area contributed by atoms with Crippen molar-refractivity contribution < 1.29 is 9.53 Å². The number of allylic oxidation sites excluding steroid dienone is 3. The van der Waals surface area contributed by atoms with Crippen molar-refractivity contribution in [1.82, 2.24) is 0 Å². The number of benzene rings is 3. The van der Waals surface area contributed by atoms with Gasteiger partial charge in [0.15, 0.2) is 5.78 Å². The highest BCUT2D eigenvalue weighted by atomic mass is 16.5. The quantitative estimate of drug-likeness (QED) is 0.662. The Balaban J connectivity index is 1.67. The first-order valence-electron chi connectivity index (χ1n) is 10.0. The second-order valence-corrected chi connectivity index (χ2v) is 7.77. The predicted octanol–water partition coefficient (Wildman–Crippen LogP) is 5.05. The standard InChI is InChI=1S/C26H20N2O2/c27-15-21-24(20-12-6-10-17-9-4-5-11-19(17)20)25-22(29)13-18(14-23(25)30-26(21)28)16-7-2-1-3-8-16/h1-12,18,24H,13-14,28H2/t18-,24+/m0/s1. The maximum absolute atomic E-state index is 13.4. The third-order valence-electron chi connectivity index (χ3n) is 6.07. The van der Waals surface area contributed by atoms with Gasteiger partial charge in [-0.15, -0.1) is 0 Å². The highest BCUT2D eigenvalue weighted by Crippen LogP contribution is 2.47. The van der Waals surface area contributed by atoms with E-state index < -0.39 is 5.92 Å². The Kier molecular flexibility index (Phi) is 4.37. The normalized spacial score (nSPS) is 21.2. The molecule has 0 amide bonds. The number of nitrogens with zero attached hydrogens (tertiary/aromatic N) is 1. The van der Waals surface area contributed by atoms with Crippen molar-refractivity contribution in [1.29, 1.82) is 5.26 Å². The molecule has 0 aromatic heterocycles. The van der Waals surface area contributed by atoms with Crippen LogP contribution < -0.4 is 5.73 Å². The van der Waals surface area contributed by atoms with Crippen molar-refractivity contribution in [2.75, 3.05) is 0 Å². The Morgan fingerprint density at radius 3 is 2.47 bits per heavy atom. The van der Waals surface area contributed by atoms with E-state index in [9.17, 15) is 10.1 Å². The van der Waals surface area contributed by atoms with E-state index in [1.807, 2.05) is 72.8 Å². The van der Waals surface area contributed by atoms with Gasteiger partial charge in [-0.3, -0.25) is 4.79 Å². The Morgan fingerprint density at radius 1 is 0.933 bits per heavy atom. The van der Waals surface area contributed by atoms with Gasteiger partial charge in [0, 0.05) is 18.4 Å². The molecular formula is C26H20N2O2. The Morgan fingerprint density at radius 2 is 1.67 bits per heavy atom. The fourth-order valence-corrected chi connectivity index (χ4v) is 4.68. The third-order valence-corrected chi connectivity index (χ3v) is 6.07. The summed E-state index contributed by atoms with van der Waals surface area (Å²) in [6, 6.07) is 26.2. The van der Waals surface area contributed by atoms with Gasteiger partial charge in [0.25, 0.3) is 0 Å². The molecule has 4 heteroatoms. The van der Waals surface area contributed by atoms with Gasteiger partial charge in [-0.1, -0.05) is 72.8 Å². The van der Waals surface area contributed by atoms with Crippen LogP contribution in [0.2, 0.25) is 0 Å². The zero-order valence-corrected chi connectivity index (χ0v) is 16.3. The molecule has 0 unspecified atom stereocenters. The molecule has 146 valence electrons. The van der Waals surface area contributed by atoms with Crippen LogP contribution in [0.1, 0.15) is 35.8 Å². The zero-order valence-electron chi connectivity index (χ0n) is 16.3. The second kappa shape index (κ2) is 7.20. The van der Waals surface area contributed by atoms with Crippen LogP contribution in [-0.2, 0) is 9.53 Å². The molecule has 0 bridgehead atoms. The lowest BCUT2D eigenvalue weighted by Gasteiger charge is -2.34. The van der Waals surface area contributed by atoms with Crippen LogP contribution in [0.5, 0.6) is 0 Å². The summed E-state index contributed by atoms with van der Waals surface area (Å²) in [6.45, 7) is 0. The number of carbonyl (C=O) groups excluding carboxylic acids is 1. The monoisotopic (exact) mass is 392 g/mol. The molecule has 0 spiro atoms. The topological polar surface area (TPSA) is 76.1 Å². The maximum atomic E-state index is 13.4. The minimum absolute atomic E-state index is 0.0169. The van der Waals surface area contributed by atoms with E-state index in [0.717, 1.165) is 21.9 Å². The molecular weight excluding hydrogens is 372 g/mol. The van der Waals surface area contributed by atoms with Crippen molar-refractivity contribution in [3.8, 4) is 6.07 Å². The van der Waals surface area contributed by atoms with Crippen LogP contribution in [0, 0.1) is 11.3 Å². The smallest absolute Gasteiger partial charge is 0.205 e. The molecule has 4 nitrogen and oxygen atoms in total. The number of carbonyl (C=O) groups is 1. The highest BCUT2D eigenvalue weighted by molar-refractivity contribution is 6.01. The fourth-order valence-electron chi connectivity index (χ4n) is 4.68. The van der Waals surface area contributed by atoms with Crippen LogP contribution in [0.15, 0.2) is 95.6 Å². The van der Waals surface area contributed by atoms with Gasteiger partial charge in [0.2, 0.25) is 5.88 Å². The molecule has 1 aliphatic heterocycles. The molecule has 1 aliphatic carbocycles. The van der Waals surface area contributed by atoms with Crippen LogP contribution in [-0.4, -0.2) is 5.78 Å². The van der Waals surface area contributed by atoms with E-state index in [1.165, 1.54) is 0 Å². The highest BCUT2D eigenvalue weighted by Gasteiger charge is 2.41. The summed E-state index contributed by atoms with van der Waals surface area (Å²) in [5.41, 5.74) is 9.08. The first kappa shape index (κ1) is 18.2. The summed E-state index contributed by atoms with van der Waals surface area (Å²) in [5.74, 6) is 0.240. The number of hydrogen-bond acceptors (Lipinski definition) is 4.